The highest BCUT2D eigenvalue weighted by atomic mass is 16.5. The number of hydrogen-bond donors (Lipinski definition) is 0. The van der Waals surface area contributed by atoms with E-state index in [0.29, 0.717) is 17.7 Å². The van der Waals surface area contributed by atoms with Gasteiger partial charge in [0.05, 0.1) is 11.6 Å². The van der Waals surface area contributed by atoms with Gasteiger partial charge in [0.1, 0.15) is 5.75 Å². The number of unbranched alkanes of at least 4 members (excludes halogenated alkanes) is 2. The number of ether oxygens (including phenoxy) is 1. The molecule has 0 bridgehead atoms. The Labute approximate surface area is 162 Å². The van der Waals surface area contributed by atoms with Crippen LogP contribution in [0.15, 0.2) is 48.5 Å². The van der Waals surface area contributed by atoms with E-state index in [1.54, 1.807) is 12.1 Å². The van der Waals surface area contributed by atoms with Crippen molar-refractivity contribution in [2.75, 3.05) is 0 Å². The molecular formula is C24H27NO2. The number of rotatable bonds is 9. The summed E-state index contributed by atoms with van der Waals surface area (Å²) in [6, 6.07) is 17.7. The van der Waals surface area contributed by atoms with Crippen LogP contribution >= 0.6 is 0 Å². The third-order valence-corrected chi connectivity index (χ3v) is 4.33. The lowest BCUT2D eigenvalue weighted by molar-refractivity contribution is -0.134. The Kier molecular flexibility index (Phi) is 8.32. The first-order chi connectivity index (χ1) is 13.2. The number of carbonyl (C=O) groups excluding carboxylic acids is 1. The van der Waals surface area contributed by atoms with E-state index >= 15 is 0 Å². The van der Waals surface area contributed by atoms with Gasteiger partial charge < -0.3 is 4.74 Å². The minimum atomic E-state index is -0.198. The third-order valence-electron chi connectivity index (χ3n) is 4.33. The molecule has 0 atom stereocenters. The summed E-state index contributed by atoms with van der Waals surface area (Å²) in [5, 5.41) is 9.50. The largest absolute Gasteiger partial charge is 0.427 e. The van der Waals surface area contributed by atoms with Crippen LogP contribution < -0.4 is 4.74 Å². The molecule has 0 saturated carbocycles. The van der Waals surface area contributed by atoms with Crippen LogP contribution in [-0.2, 0) is 11.2 Å². The fraction of sp³-hybridized carbons (Fsp3) is 0.333. The lowest BCUT2D eigenvalue weighted by atomic mass is 10.0. The van der Waals surface area contributed by atoms with Crippen LogP contribution in [0.2, 0.25) is 0 Å². The number of aryl methyl sites for hydroxylation is 1. The van der Waals surface area contributed by atoms with Gasteiger partial charge in [0, 0.05) is 6.42 Å². The molecule has 0 unspecified atom stereocenters. The summed E-state index contributed by atoms with van der Waals surface area (Å²) in [5.74, 6) is 0.340. The highest BCUT2D eigenvalue weighted by Crippen LogP contribution is 2.21. The number of benzene rings is 2. The van der Waals surface area contributed by atoms with E-state index in [9.17, 15) is 10.1 Å². The highest BCUT2D eigenvalue weighted by molar-refractivity contribution is 5.89. The van der Waals surface area contributed by atoms with Gasteiger partial charge in [0.2, 0.25) is 0 Å². The van der Waals surface area contributed by atoms with Gasteiger partial charge in [-0.1, -0.05) is 69.5 Å². The monoisotopic (exact) mass is 361 g/mol. The topological polar surface area (TPSA) is 50.1 Å². The van der Waals surface area contributed by atoms with Crippen LogP contribution in [0.4, 0.5) is 0 Å². The minimum absolute atomic E-state index is 0.198. The van der Waals surface area contributed by atoms with Crippen LogP contribution in [0.25, 0.3) is 11.6 Å². The zero-order valence-electron chi connectivity index (χ0n) is 16.2. The van der Waals surface area contributed by atoms with E-state index in [0.717, 1.165) is 43.2 Å². The molecule has 0 aliphatic heterocycles. The van der Waals surface area contributed by atoms with Crippen molar-refractivity contribution in [1.29, 1.82) is 5.26 Å². The number of allylic oxidation sites excluding steroid dienone is 1. The molecule has 0 aliphatic carbocycles. The van der Waals surface area contributed by atoms with Crippen LogP contribution in [0.5, 0.6) is 5.75 Å². The molecule has 140 valence electrons. The van der Waals surface area contributed by atoms with Crippen LogP contribution in [0, 0.1) is 11.3 Å². The Morgan fingerprint density at radius 3 is 2.30 bits per heavy atom. The average molecular weight is 361 g/mol. The summed E-state index contributed by atoms with van der Waals surface area (Å²) in [4.78, 5) is 11.8. The molecular weight excluding hydrogens is 334 g/mol. The normalized spacial score (nSPS) is 11.1. The van der Waals surface area contributed by atoms with E-state index < -0.39 is 0 Å². The number of esters is 1. The maximum absolute atomic E-state index is 11.8. The lowest BCUT2D eigenvalue weighted by Crippen LogP contribution is -2.07. The highest BCUT2D eigenvalue weighted by Gasteiger charge is 2.05. The van der Waals surface area contributed by atoms with Crippen molar-refractivity contribution in [3.8, 4) is 11.8 Å². The molecule has 0 fully saturated rings. The Morgan fingerprint density at radius 2 is 1.70 bits per heavy atom. The van der Waals surface area contributed by atoms with Crippen LogP contribution in [-0.4, -0.2) is 5.97 Å². The quantitative estimate of drug-likeness (QED) is 0.176. The molecule has 0 aliphatic rings. The summed E-state index contributed by atoms with van der Waals surface area (Å²) >= 11 is 0. The molecule has 0 aromatic heterocycles. The first kappa shape index (κ1) is 20.5. The van der Waals surface area contributed by atoms with Crippen LogP contribution in [0.1, 0.15) is 62.6 Å². The maximum Gasteiger partial charge on any atom is 0.311 e. The van der Waals surface area contributed by atoms with Gasteiger partial charge in [-0.2, -0.15) is 5.26 Å². The summed E-state index contributed by atoms with van der Waals surface area (Å²) in [6.45, 7) is 4.26. The fourth-order valence-electron chi connectivity index (χ4n) is 2.82. The Hall–Kier alpha value is -2.86. The molecule has 3 nitrogen and oxygen atoms in total. The summed E-state index contributed by atoms with van der Waals surface area (Å²) < 4.78 is 5.34. The van der Waals surface area contributed by atoms with E-state index in [1.165, 1.54) is 5.56 Å². The van der Waals surface area contributed by atoms with Gasteiger partial charge in [-0.3, -0.25) is 4.79 Å². The molecule has 0 spiro atoms. The number of nitriles is 1. The molecule has 2 aromatic rings. The molecule has 3 heteroatoms. The number of carbonyl (C=O) groups is 1. The second-order valence-electron chi connectivity index (χ2n) is 6.62. The first-order valence-electron chi connectivity index (χ1n) is 9.68. The molecule has 0 saturated heterocycles. The van der Waals surface area contributed by atoms with Gasteiger partial charge in [0.25, 0.3) is 0 Å². The van der Waals surface area contributed by atoms with Crippen molar-refractivity contribution in [3.05, 3.63) is 65.2 Å². The fourth-order valence-corrected chi connectivity index (χ4v) is 2.82. The molecule has 2 rings (SSSR count). The zero-order chi connectivity index (χ0) is 19.5. The Balaban J connectivity index is 2.04. The zero-order valence-corrected chi connectivity index (χ0v) is 16.2. The van der Waals surface area contributed by atoms with Crippen molar-refractivity contribution >= 4 is 17.6 Å². The summed E-state index contributed by atoms with van der Waals surface area (Å²) in [6.07, 6.45) is 7.43. The molecule has 0 radical (unpaired) electrons. The second kappa shape index (κ2) is 11.0. The molecule has 0 heterocycles. The smallest absolute Gasteiger partial charge is 0.311 e. The minimum Gasteiger partial charge on any atom is -0.427 e. The lowest BCUT2D eigenvalue weighted by Gasteiger charge is -2.05. The van der Waals surface area contributed by atoms with Crippen LogP contribution in [0.3, 0.4) is 0 Å². The number of hydrogen-bond acceptors (Lipinski definition) is 3. The predicted molar refractivity (Wildman–Crippen MR) is 110 cm³/mol. The Morgan fingerprint density at radius 1 is 1.00 bits per heavy atom. The van der Waals surface area contributed by atoms with Gasteiger partial charge >= 0.3 is 5.97 Å². The van der Waals surface area contributed by atoms with Gasteiger partial charge in [-0.05, 0) is 47.7 Å². The SMILES string of the molecule is CCCCCC(=O)Oc1ccc(C=C(C#N)c2ccc(CCC)cc2)cc1. The van der Waals surface area contributed by atoms with E-state index in [2.05, 4.69) is 32.0 Å². The molecule has 27 heavy (non-hydrogen) atoms. The van der Waals surface area contributed by atoms with E-state index in [1.807, 2.05) is 30.3 Å². The summed E-state index contributed by atoms with van der Waals surface area (Å²) in [5.41, 5.74) is 3.70. The van der Waals surface area contributed by atoms with Gasteiger partial charge in [-0.25, -0.2) is 0 Å². The first-order valence-corrected chi connectivity index (χ1v) is 9.68. The average Bonchev–Trinajstić information content (AvgIpc) is 2.68. The van der Waals surface area contributed by atoms with Crippen molar-refractivity contribution in [2.24, 2.45) is 0 Å². The van der Waals surface area contributed by atoms with E-state index in [4.69, 9.17) is 4.74 Å². The van der Waals surface area contributed by atoms with Crippen molar-refractivity contribution < 1.29 is 9.53 Å². The Bertz CT molecular complexity index is 796. The summed E-state index contributed by atoms with van der Waals surface area (Å²) in [7, 11) is 0. The van der Waals surface area contributed by atoms with Crippen molar-refractivity contribution in [1.82, 2.24) is 0 Å². The molecule has 0 N–H and O–H groups in total. The number of nitrogens with zero attached hydrogens (tertiary/aromatic N) is 1. The second-order valence-corrected chi connectivity index (χ2v) is 6.62. The van der Waals surface area contributed by atoms with Crippen molar-refractivity contribution in [2.45, 2.75) is 52.4 Å². The van der Waals surface area contributed by atoms with Gasteiger partial charge in [-0.15, -0.1) is 0 Å². The predicted octanol–water partition coefficient (Wildman–Crippen LogP) is 6.19. The van der Waals surface area contributed by atoms with Gasteiger partial charge in [0.15, 0.2) is 0 Å². The molecule has 2 aromatic carbocycles. The van der Waals surface area contributed by atoms with Crippen molar-refractivity contribution in [3.63, 3.8) is 0 Å². The molecule has 0 amide bonds. The maximum atomic E-state index is 11.8. The third kappa shape index (κ3) is 6.75. The standard InChI is InChI=1S/C24H27NO2/c1-3-5-6-8-24(26)27-23-15-11-20(12-16-23)17-22(18-25)21-13-9-19(7-4-2)10-14-21/h9-17H,3-8H2,1-2H3. The van der Waals surface area contributed by atoms with E-state index in [-0.39, 0.29) is 5.97 Å².